The highest BCUT2D eigenvalue weighted by Crippen LogP contribution is 2.46. The van der Waals surface area contributed by atoms with Crippen LogP contribution in [0.3, 0.4) is 0 Å². The second kappa shape index (κ2) is 9.73. The molecule has 2 saturated heterocycles. The first-order valence-electron chi connectivity index (χ1n) is 10.1. The molecular weight excluding hydrogens is 406 g/mol. The summed E-state index contributed by atoms with van der Waals surface area (Å²) in [5.41, 5.74) is 1.39. The van der Waals surface area contributed by atoms with Crippen LogP contribution in [0.5, 0.6) is 0 Å². The number of carbonyl (C=O) groups is 1. The maximum atomic E-state index is 13.8. The quantitative estimate of drug-likeness (QED) is 0.640. The van der Waals surface area contributed by atoms with Gasteiger partial charge in [-0.2, -0.15) is 0 Å². The minimum absolute atomic E-state index is 0.0968. The average molecular weight is 431 g/mol. The Morgan fingerprint density at radius 1 is 1.03 bits per heavy atom. The fourth-order valence-corrected chi connectivity index (χ4v) is 5.02. The monoisotopic (exact) mass is 430 g/mol. The highest BCUT2D eigenvalue weighted by atomic mass is 32.2. The molecule has 7 heteroatoms. The number of halogens is 2. The SMILES string of the molecule is O=C1/C(=C/c2cccc(F)c2)SC(c2cccc(F)c2)N1CCCN1CCOCC1. The molecule has 158 valence electrons. The maximum Gasteiger partial charge on any atom is 0.261 e. The lowest BCUT2D eigenvalue weighted by molar-refractivity contribution is -0.126. The lowest BCUT2D eigenvalue weighted by Gasteiger charge is -2.28. The number of nitrogens with zero attached hydrogens (tertiary/aromatic N) is 2. The molecule has 4 nitrogen and oxygen atoms in total. The number of thioether (sulfide) groups is 1. The van der Waals surface area contributed by atoms with Crippen molar-refractivity contribution >= 4 is 23.7 Å². The summed E-state index contributed by atoms with van der Waals surface area (Å²) < 4.78 is 32.8. The van der Waals surface area contributed by atoms with Crippen LogP contribution >= 0.6 is 11.8 Å². The molecule has 1 unspecified atom stereocenters. The molecule has 0 bridgehead atoms. The fraction of sp³-hybridized carbons (Fsp3) is 0.348. The van der Waals surface area contributed by atoms with Crippen LogP contribution in [0.4, 0.5) is 8.78 Å². The molecule has 2 heterocycles. The van der Waals surface area contributed by atoms with Crippen LogP contribution in [0.2, 0.25) is 0 Å². The maximum absolute atomic E-state index is 13.8. The molecule has 2 aromatic carbocycles. The van der Waals surface area contributed by atoms with Crippen molar-refractivity contribution in [1.82, 2.24) is 9.80 Å². The number of benzene rings is 2. The Morgan fingerprint density at radius 2 is 1.77 bits per heavy atom. The first-order valence-corrected chi connectivity index (χ1v) is 11.0. The van der Waals surface area contributed by atoms with Crippen LogP contribution in [0.25, 0.3) is 6.08 Å². The molecule has 2 aliphatic rings. The average Bonchev–Trinajstić information content (AvgIpc) is 3.04. The number of carbonyl (C=O) groups excluding carboxylic acids is 1. The Kier molecular flexibility index (Phi) is 6.82. The summed E-state index contributed by atoms with van der Waals surface area (Å²) in [5, 5.41) is -0.294. The molecule has 4 rings (SSSR count). The molecule has 0 N–H and O–H groups in total. The van der Waals surface area contributed by atoms with Crippen molar-refractivity contribution < 1.29 is 18.3 Å². The fourth-order valence-electron chi connectivity index (χ4n) is 3.74. The van der Waals surface area contributed by atoms with Crippen molar-refractivity contribution in [3.63, 3.8) is 0 Å². The second-order valence-electron chi connectivity index (χ2n) is 7.39. The molecule has 2 fully saturated rings. The topological polar surface area (TPSA) is 32.8 Å². The van der Waals surface area contributed by atoms with Gasteiger partial charge in [-0.15, -0.1) is 0 Å². The zero-order valence-electron chi connectivity index (χ0n) is 16.6. The molecule has 0 aromatic heterocycles. The van der Waals surface area contributed by atoms with Gasteiger partial charge in [-0.05, 0) is 47.9 Å². The summed E-state index contributed by atoms with van der Waals surface area (Å²) in [5.74, 6) is -0.763. The van der Waals surface area contributed by atoms with Crippen molar-refractivity contribution in [2.75, 3.05) is 39.4 Å². The molecule has 1 amide bonds. The number of morpholine rings is 1. The predicted octanol–water partition coefficient (Wildman–Crippen LogP) is 4.30. The van der Waals surface area contributed by atoms with E-state index in [0.29, 0.717) is 17.0 Å². The highest BCUT2D eigenvalue weighted by molar-refractivity contribution is 8.04. The standard InChI is InChI=1S/C23H24F2N2O2S/c24-19-6-1-4-17(14-19)15-21-22(28)27(9-3-8-26-10-12-29-13-11-26)23(30-21)18-5-2-7-20(25)16-18/h1-2,4-7,14-16,23H,3,8-13H2/b21-15-. The summed E-state index contributed by atoms with van der Waals surface area (Å²) in [7, 11) is 0. The summed E-state index contributed by atoms with van der Waals surface area (Å²) >= 11 is 1.39. The van der Waals surface area contributed by atoms with Gasteiger partial charge in [0.2, 0.25) is 0 Å². The van der Waals surface area contributed by atoms with E-state index in [1.54, 1.807) is 29.2 Å². The van der Waals surface area contributed by atoms with Gasteiger partial charge in [0.1, 0.15) is 17.0 Å². The Morgan fingerprint density at radius 3 is 2.50 bits per heavy atom. The van der Waals surface area contributed by atoms with E-state index in [-0.39, 0.29) is 22.9 Å². The minimum Gasteiger partial charge on any atom is -0.379 e. The van der Waals surface area contributed by atoms with Gasteiger partial charge in [-0.25, -0.2) is 8.78 Å². The van der Waals surface area contributed by atoms with Crippen LogP contribution in [0.15, 0.2) is 53.4 Å². The van der Waals surface area contributed by atoms with Crippen molar-refractivity contribution in [2.45, 2.75) is 11.8 Å². The predicted molar refractivity (Wildman–Crippen MR) is 115 cm³/mol. The number of hydrogen-bond donors (Lipinski definition) is 0. The molecule has 0 radical (unpaired) electrons. The zero-order valence-corrected chi connectivity index (χ0v) is 17.4. The van der Waals surface area contributed by atoms with Crippen LogP contribution < -0.4 is 0 Å². The van der Waals surface area contributed by atoms with Gasteiger partial charge in [-0.1, -0.05) is 36.0 Å². The van der Waals surface area contributed by atoms with Crippen molar-refractivity contribution in [3.05, 3.63) is 76.2 Å². The normalized spacial score (nSPS) is 21.5. The van der Waals surface area contributed by atoms with E-state index in [9.17, 15) is 13.6 Å². The molecule has 2 aliphatic heterocycles. The van der Waals surface area contributed by atoms with Gasteiger partial charge >= 0.3 is 0 Å². The molecule has 0 spiro atoms. The third-order valence-electron chi connectivity index (χ3n) is 5.25. The van der Waals surface area contributed by atoms with Crippen LogP contribution in [-0.2, 0) is 9.53 Å². The Hall–Kier alpha value is -2.22. The van der Waals surface area contributed by atoms with E-state index in [4.69, 9.17) is 4.74 Å². The van der Waals surface area contributed by atoms with E-state index in [1.165, 1.54) is 36.0 Å². The van der Waals surface area contributed by atoms with Crippen molar-refractivity contribution in [3.8, 4) is 0 Å². The van der Waals surface area contributed by atoms with E-state index in [1.807, 2.05) is 6.07 Å². The second-order valence-corrected chi connectivity index (χ2v) is 8.52. The molecular formula is C23H24F2N2O2S. The van der Waals surface area contributed by atoms with Crippen LogP contribution in [0, 0.1) is 11.6 Å². The van der Waals surface area contributed by atoms with Gasteiger partial charge in [-0.3, -0.25) is 9.69 Å². The molecule has 0 saturated carbocycles. The van der Waals surface area contributed by atoms with Gasteiger partial charge in [0.25, 0.3) is 5.91 Å². The first kappa shape index (κ1) is 21.0. The molecule has 0 aliphatic carbocycles. The molecule has 30 heavy (non-hydrogen) atoms. The number of hydrogen-bond acceptors (Lipinski definition) is 4. The van der Waals surface area contributed by atoms with Gasteiger partial charge < -0.3 is 9.64 Å². The van der Waals surface area contributed by atoms with E-state index in [0.717, 1.165) is 44.8 Å². The lowest BCUT2D eigenvalue weighted by atomic mass is 10.1. The Labute approximate surface area is 179 Å². The van der Waals surface area contributed by atoms with Crippen molar-refractivity contribution in [2.24, 2.45) is 0 Å². The van der Waals surface area contributed by atoms with Crippen LogP contribution in [-0.4, -0.2) is 55.1 Å². The van der Waals surface area contributed by atoms with Gasteiger partial charge in [0, 0.05) is 26.2 Å². The summed E-state index contributed by atoms with van der Waals surface area (Å²) in [4.78, 5) is 17.8. The minimum atomic E-state index is -0.344. The van der Waals surface area contributed by atoms with Crippen molar-refractivity contribution in [1.29, 1.82) is 0 Å². The number of amides is 1. The summed E-state index contributed by atoms with van der Waals surface area (Å²) in [6.45, 7) is 4.75. The summed E-state index contributed by atoms with van der Waals surface area (Å²) in [6, 6.07) is 12.5. The highest BCUT2D eigenvalue weighted by Gasteiger charge is 2.37. The van der Waals surface area contributed by atoms with E-state index in [2.05, 4.69) is 4.90 Å². The zero-order chi connectivity index (χ0) is 20.9. The smallest absolute Gasteiger partial charge is 0.261 e. The van der Waals surface area contributed by atoms with Gasteiger partial charge in [0.05, 0.1) is 18.1 Å². The third kappa shape index (κ3) is 5.09. The van der Waals surface area contributed by atoms with E-state index < -0.39 is 0 Å². The third-order valence-corrected chi connectivity index (χ3v) is 6.55. The number of rotatable bonds is 6. The Bertz CT molecular complexity index is 931. The number of ether oxygens (including phenoxy) is 1. The van der Waals surface area contributed by atoms with Gasteiger partial charge in [0.15, 0.2) is 0 Å². The van der Waals surface area contributed by atoms with E-state index >= 15 is 0 Å². The molecule has 1 atom stereocenters. The first-order chi connectivity index (χ1) is 14.6. The largest absolute Gasteiger partial charge is 0.379 e. The lowest BCUT2D eigenvalue weighted by Crippen LogP contribution is -2.38. The van der Waals surface area contributed by atoms with Crippen LogP contribution in [0.1, 0.15) is 22.9 Å². The molecule has 2 aromatic rings. The summed E-state index contributed by atoms with van der Waals surface area (Å²) in [6.07, 6.45) is 2.54. The Balaban J connectivity index is 1.53.